The van der Waals surface area contributed by atoms with Crippen molar-refractivity contribution in [2.45, 2.75) is 25.3 Å². The highest BCUT2D eigenvalue weighted by atomic mass is 35.5. The molecule has 2 amide bonds. The molecule has 0 aliphatic carbocycles. The van der Waals surface area contributed by atoms with Crippen LogP contribution in [-0.4, -0.2) is 29.3 Å². The number of likely N-dealkylation sites (tertiary alicyclic amines) is 1. The number of nitrogen functional groups attached to an aromatic ring is 1. The molecule has 1 unspecified atom stereocenters. The monoisotopic (exact) mass is 391 g/mol. The van der Waals surface area contributed by atoms with E-state index in [1.54, 1.807) is 47.4 Å². The van der Waals surface area contributed by atoms with Gasteiger partial charge in [-0.2, -0.15) is 0 Å². The van der Waals surface area contributed by atoms with Gasteiger partial charge in [0, 0.05) is 22.8 Å². The van der Waals surface area contributed by atoms with E-state index in [0.717, 1.165) is 12.8 Å². The fourth-order valence-corrected chi connectivity index (χ4v) is 3.50. The zero-order chi connectivity index (χ0) is 18.7. The summed E-state index contributed by atoms with van der Waals surface area (Å²) in [4.78, 5) is 27.3. The molecule has 0 bridgehead atoms. The summed E-state index contributed by atoms with van der Waals surface area (Å²) in [6.07, 6.45) is 2.36. The van der Waals surface area contributed by atoms with Gasteiger partial charge in [-0.25, -0.2) is 0 Å². The number of halogens is 2. The van der Waals surface area contributed by atoms with Crippen molar-refractivity contribution in [2.75, 3.05) is 17.6 Å². The Labute approximate surface area is 162 Å². The SMILES string of the molecule is Nc1ccc(C(=O)N2CCCCC2C(=O)Nc2ccc(Cl)cc2Cl)cc1. The minimum Gasteiger partial charge on any atom is -0.399 e. The van der Waals surface area contributed by atoms with Crippen molar-refractivity contribution in [2.24, 2.45) is 0 Å². The van der Waals surface area contributed by atoms with Gasteiger partial charge in [0.05, 0.1) is 10.7 Å². The maximum absolute atomic E-state index is 12.9. The molecule has 2 aromatic carbocycles. The maximum Gasteiger partial charge on any atom is 0.254 e. The van der Waals surface area contributed by atoms with Crippen molar-refractivity contribution >= 4 is 46.4 Å². The Morgan fingerprint density at radius 1 is 1.08 bits per heavy atom. The Bertz CT molecular complexity index is 824. The highest BCUT2D eigenvalue weighted by molar-refractivity contribution is 6.36. The first kappa shape index (κ1) is 18.5. The second-order valence-corrected chi connectivity index (χ2v) is 7.09. The van der Waals surface area contributed by atoms with Crippen LogP contribution in [0.25, 0.3) is 0 Å². The van der Waals surface area contributed by atoms with Crippen LogP contribution in [0.5, 0.6) is 0 Å². The number of nitrogens with two attached hydrogens (primary N) is 1. The quantitative estimate of drug-likeness (QED) is 0.769. The van der Waals surface area contributed by atoms with E-state index in [-0.39, 0.29) is 11.8 Å². The van der Waals surface area contributed by atoms with Crippen LogP contribution in [0.15, 0.2) is 42.5 Å². The summed E-state index contributed by atoms with van der Waals surface area (Å²) in [6.45, 7) is 0.537. The normalized spacial score (nSPS) is 17.0. The largest absolute Gasteiger partial charge is 0.399 e. The lowest BCUT2D eigenvalue weighted by atomic mass is 9.99. The summed E-state index contributed by atoms with van der Waals surface area (Å²) < 4.78 is 0. The summed E-state index contributed by atoms with van der Waals surface area (Å²) >= 11 is 12.0. The summed E-state index contributed by atoms with van der Waals surface area (Å²) in [5.41, 5.74) is 7.27. The van der Waals surface area contributed by atoms with Crippen molar-refractivity contribution in [3.63, 3.8) is 0 Å². The molecule has 0 aromatic heterocycles. The topological polar surface area (TPSA) is 75.4 Å². The molecule has 1 heterocycles. The smallest absolute Gasteiger partial charge is 0.254 e. The average Bonchev–Trinajstić information content (AvgIpc) is 2.64. The average molecular weight is 392 g/mol. The number of rotatable bonds is 3. The van der Waals surface area contributed by atoms with Gasteiger partial charge in [-0.1, -0.05) is 23.2 Å². The Hall–Kier alpha value is -2.24. The number of carbonyl (C=O) groups excluding carboxylic acids is 2. The Kier molecular flexibility index (Phi) is 5.69. The van der Waals surface area contributed by atoms with E-state index < -0.39 is 6.04 Å². The van der Waals surface area contributed by atoms with Gasteiger partial charge < -0.3 is 16.0 Å². The third-order valence-electron chi connectivity index (χ3n) is 4.41. The van der Waals surface area contributed by atoms with Crippen molar-refractivity contribution in [1.82, 2.24) is 4.90 Å². The number of anilines is 2. The minimum atomic E-state index is -0.541. The molecular formula is C19H19Cl2N3O2. The molecule has 1 fully saturated rings. The van der Waals surface area contributed by atoms with Crippen LogP contribution in [-0.2, 0) is 4.79 Å². The number of hydrogen-bond acceptors (Lipinski definition) is 3. The highest BCUT2D eigenvalue weighted by Gasteiger charge is 2.32. The molecule has 5 nitrogen and oxygen atoms in total. The minimum absolute atomic E-state index is 0.174. The molecule has 1 atom stereocenters. The summed E-state index contributed by atoms with van der Waals surface area (Å²) in [5.74, 6) is -0.426. The number of piperidine rings is 1. The van der Waals surface area contributed by atoms with Gasteiger partial charge in [0.1, 0.15) is 6.04 Å². The fraction of sp³-hybridized carbons (Fsp3) is 0.263. The molecule has 0 saturated carbocycles. The van der Waals surface area contributed by atoms with E-state index in [4.69, 9.17) is 28.9 Å². The first-order chi connectivity index (χ1) is 12.5. The number of nitrogens with one attached hydrogen (secondary N) is 1. The van der Waals surface area contributed by atoms with Crippen LogP contribution in [0, 0.1) is 0 Å². The lowest BCUT2D eigenvalue weighted by molar-refractivity contribution is -0.121. The van der Waals surface area contributed by atoms with Crippen LogP contribution in [0.2, 0.25) is 10.0 Å². The molecule has 0 spiro atoms. The van der Waals surface area contributed by atoms with Crippen molar-refractivity contribution in [3.05, 3.63) is 58.1 Å². The molecule has 3 rings (SSSR count). The van der Waals surface area contributed by atoms with E-state index in [9.17, 15) is 9.59 Å². The van der Waals surface area contributed by atoms with E-state index in [1.165, 1.54) is 0 Å². The van der Waals surface area contributed by atoms with Crippen LogP contribution >= 0.6 is 23.2 Å². The molecule has 7 heteroatoms. The third kappa shape index (κ3) is 4.11. The zero-order valence-electron chi connectivity index (χ0n) is 14.0. The predicted molar refractivity (Wildman–Crippen MR) is 105 cm³/mol. The third-order valence-corrected chi connectivity index (χ3v) is 4.96. The van der Waals surface area contributed by atoms with Gasteiger partial charge in [0.2, 0.25) is 5.91 Å². The first-order valence-electron chi connectivity index (χ1n) is 8.38. The van der Waals surface area contributed by atoms with E-state index in [0.29, 0.717) is 39.9 Å². The lowest BCUT2D eigenvalue weighted by Gasteiger charge is -2.34. The number of carbonyl (C=O) groups is 2. The molecule has 0 radical (unpaired) electrons. The van der Waals surface area contributed by atoms with Gasteiger partial charge in [0.15, 0.2) is 0 Å². The molecule has 3 N–H and O–H groups in total. The predicted octanol–water partition coefficient (Wildman–Crippen LogP) is 4.21. The van der Waals surface area contributed by atoms with Crippen molar-refractivity contribution in [1.29, 1.82) is 0 Å². The summed E-state index contributed by atoms with van der Waals surface area (Å²) in [7, 11) is 0. The standard InChI is InChI=1S/C19H19Cl2N3O2/c20-13-6-9-16(15(21)11-13)23-18(25)17-3-1-2-10-24(17)19(26)12-4-7-14(22)8-5-12/h4-9,11,17H,1-3,10,22H2,(H,23,25). The van der Waals surface area contributed by atoms with Crippen LogP contribution in [0.1, 0.15) is 29.6 Å². The Balaban J connectivity index is 1.78. The maximum atomic E-state index is 12.9. The Morgan fingerprint density at radius 3 is 2.50 bits per heavy atom. The van der Waals surface area contributed by atoms with Crippen LogP contribution < -0.4 is 11.1 Å². The van der Waals surface area contributed by atoms with Gasteiger partial charge >= 0.3 is 0 Å². The molecule has 26 heavy (non-hydrogen) atoms. The molecule has 1 aliphatic rings. The number of nitrogens with zero attached hydrogens (tertiary/aromatic N) is 1. The van der Waals surface area contributed by atoms with E-state index in [2.05, 4.69) is 5.32 Å². The van der Waals surface area contributed by atoms with E-state index in [1.807, 2.05) is 0 Å². The van der Waals surface area contributed by atoms with Crippen LogP contribution in [0.4, 0.5) is 11.4 Å². The van der Waals surface area contributed by atoms with Gasteiger partial charge in [-0.05, 0) is 61.7 Å². The number of hydrogen-bond donors (Lipinski definition) is 2. The first-order valence-corrected chi connectivity index (χ1v) is 9.14. The van der Waals surface area contributed by atoms with Crippen molar-refractivity contribution in [3.8, 4) is 0 Å². The second kappa shape index (κ2) is 7.98. The van der Waals surface area contributed by atoms with Gasteiger partial charge in [-0.15, -0.1) is 0 Å². The van der Waals surface area contributed by atoms with Crippen LogP contribution in [0.3, 0.4) is 0 Å². The molecule has 2 aromatic rings. The van der Waals surface area contributed by atoms with Gasteiger partial charge in [-0.3, -0.25) is 9.59 Å². The second-order valence-electron chi connectivity index (χ2n) is 6.25. The number of amides is 2. The molecule has 1 saturated heterocycles. The Morgan fingerprint density at radius 2 is 1.81 bits per heavy atom. The molecular weight excluding hydrogens is 373 g/mol. The summed E-state index contributed by atoms with van der Waals surface area (Å²) in [5, 5.41) is 3.66. The molecule has 1 aliphatic heterocycles. The number of benzene rings is 2. The highest BCUT2D eigenvalue weighted by Crippen LogP contribution is 2.27. The fourth-order valence-electron chi connectivity index (χ4n) is 3.05. The summed E-state index contributed by atoms with van der Waals surface area (Å²) in [6, 6.07) is 11.0. The zero-order valence-corrected chi connectivity index (χ0v) is 15.6. The molecule has 136 valence electrons. The van der Waals surface area contributed by atoms with Crippen molar-refractivity contribution < 1.29 is 9.59 Å². The van der Waals surface area contributed by atoms with E-state index >= 15 is 0 Å². The lowest BCUT2D eigenvalue weighted by Crippen LogP contribution is -2.50. The van der Waals surface area contributed by atoms with Gasteiger partial charge in [0.25, 0.3) is 5.91 Å².